The lowest BCUT2D eigenvalue weighted by atomic mass is 10.0. The summed E-state index contributed by atoms with van der Waals surface area (Å²) in [4.78, 5) is 35.6. The standard InChI is InChI=1S/C16H28N2O5S/c1-9(2)7-11(15(20)22-5)17-13(19)14(24)18-12(8-10(3)4)16(21)23-6/h9-12H,7-8H2,1-6H3,(H,17,19)(H,18,24)/t11-,12-/m0/s1. The molecule has 0 aromatic carbocycles. The summed E-state index contributed by atoms with van der Waals surface area (Å²) in [6, 6.07) is -1.50. The van der Waals surface area contributed by atoms with Crippen molar-refractivity contribution in [2.75, 3.05) is 14.2 Å². The zero-order valence-electron chi connectivity index (χ0n) is 15.2. The number of carbonyl (C=O) groups excluding carboxylic acids is 3. The molecule has 7 nitrogen and oxygen atoms in total. The molecule has 2 atom stereocenters. The minimum absolute atomic E-state index is 0.163. The second kappa shape index (κ2) is 11.0. The molecule has 0 saturated heterocycles. The Balaban J connectivity index is 4.90. The Morgan fingerprint density at radius 3 is 1.54 bits per heavy atom. The quantitative estimate of drug-likeness (QED) is 0.496. The summed E-state index contributed by atoms with van der Waals surface area (Å²) in [6.45, 7) is 7.73. The zero-order valence-corrected chi connectivity index (χ0v) is 16.0. The summed E-state index contributed by atoms with van der Waals surface area (Å²) in [7, 11) is 2.53. The van der Waals surface area contributed by atoms with E-state index in [1.807, 2.05) is 27.7 Å². The average Bonchev–Trinajstić information content (AvgIpc) is 2.50. The van der Waals surface area contributed by atoms with E-state index in [0.717, 1.165) is 0 Å². The largest absolute Gasteiger partial charge is 0.467 e. The van der Waals surface area contributed by atoms with Crippen molar-refractivity contribution in [2.24, 2.45) is 11.8 Å². The second-order valence-electron chi connectivity index (χ2n) is 6.36. The number of carbonyl (C=O) groups is 3. The molecule has 0 aliphatic carbocycles. The van der Waals surface area contributed by atoms with Gasteiger partial charge in [-0.2, -0.15) is 0 Å². The Morgan fingerprint density at radius 1 is 0.833 bits per heavy atom. The van der Waals surface area contributed by atoms with Crippen LogP contribution in [0.2, 0.25) is 0 Å². The van der Waals surface area contributed by atoms with Gasteiger partial charge in [-0.25, -0.2) is 9.59 Å². The fourth-order valence-corrected chi connectivity index (χ4v) is 2.30. The molecule has 0 rings (SSSR count). The predicted octanol–water partition coefficient (Wildman–Crippen LogP) is 1.20. The van der Waals surface area contributed by atoms with Gasteiger partial charge in [0.05, 0.1) is 14.2 Å². The summed E-state index contributed by atoms with van der Waals surface area (Å²) >= 11 is 5.04. The molecular weight excluding hydrogens is 332 g/mol. The molecule has 0 spiro atoms. The monoisotopic (exact) mass is 360 g/mol. The number of amides is 1. The fraction of sp³-hybridized carbons (Fsp3) is 0.750. The van der Waals surface area contributed by atoms with Crippen LogP contribution in [0.4, 0.5) is 0 Å². The Kier molecular flexibility index (Phi) is 10.2. The topological polar surface area (TPSA) is 93.7 Å². The minimum Gasteiger partial charge on any atom is -0.467 e. The van der Waals surface area contributed by atoms with Gasteiger partial charge in [0.25, 0.3) is 5.91 Å². The molecule has 0 fully saturated rings. The fourth-order valence-electron chi connectivity index (χ4n) is 2.10. The van der Waals surface area contributed by atoms with E-state index in [-0.39, 0.29) is 16.8 Å². The van der Waals surface area contributed by atoms with Crippen LogP contribution in [0.3, 0.4) is 0 Å². The van der Waals surface area contributed by atoms with E-state index in [2.05, 4.69) is 10.6 Å². The number of esters is 2. The second-order valence-corrected chi connectivity index (χ2v) is 6.77. The molecule has 24 heavy (non-hydrogen) atoms. The van der Waals surface area contributed by atoms with Gasteiger partial charge in [-0.3, -0.25) is 4.79 Å². The van der Waals surface area contributed by atoms with E-state index in [1.165, 1.54) is 14.2 Å². The number of ether oxygens (including phenoxy) is 2. The number of rotatable bonds is 8. The van der Waals surface area contributed by atoms with Crippen molar-refractivity contribution in [2.45, 2.75) is 52.6 Å². The molecule has 0 heterocycles. The number of methoxy groups -OCH3 is 2. The van der Waals surface area contributed by atoms with Crippen molar-refractivity contribution in [1.82, 2.24) is 10.6 Å². The molecule has 0 radical (unpaired) electrons. The van der Waals surface area contributed by atoms with E-state index in [4.69, 9.17) is 21.7 Å². The van der Waals surface area contributed by atoms with Gasteiger partial charge in [-0.15, -0.1) is 0 Å². The summed E-state index contributed by atoms with van der Waals surface area (Å²) in [5, 5.41) is 5.25. The molecule has 0 bridgehead atoms. The van der Waals surface area contributed by atoms with Crippen molar-refractivity contribution in [3.8, 4) is 0 Å². The van der Waals surface area contributed by atoms with Gasteiger partial charge >= 0.3 is 11.9 Å². The van der Waals surface area contributed by atoms with E-state index < -0.39 is 29.9 Å². The van der Waals surface area contributed by atoms with E-state index in [0.29, 0.717) is 12.8 Å². The van der Waals surface area contributed by atoms with Crippen LogP contribution in [0.5, 0.6) is 0 Å². The normalized spacial score (nSPS) is 13.2. The molecular formula is C16H28N2O5S. The smallest absolute Gasteiger partial charge is 0.328 e. The third kappa shape index (κ3) is 8.24. The summed E-state index contributed by atoms with van der Waals surface area (Å²) < 4.78 is 9.41. The molecule has 0 saturated carbocycles. The van der Waals surface area contributed by atoms with Gasteiger partial charge in [-0.1, -0.05) is 39.9 Å². The van der Waals surface area contributed by atoms with Gasteiger partial charge in [-0.05, 0) is 24.7 Å². The van der Waals surface area contributed by atoms with E-state index in [9.17, 15) is 14.4 Å². The van der Waals surface area contributed by atoms with Crippen molar-refractivity contribution in [3.63, 3.8) is 0 Å². The van der Waals surface area contributed by atoms with Gasteiger partial charge in [0.1, 0.15) is 12.1 Å². The van der Waals surface area contributed by atoms with E-state index >= 15 is 0 Å². The lowest BCUT2D eigenvalue weighted by Gasteiger charge is -2.22. The first-order valence-electron chi connectivity index (χ1n) is 7.89. The van der Waals surface area contributed by atoms with Crippen LogP contribution < -0.4 is 10.6 Å². The van der Waals surface area contributed by atoms with Crippen molar-refractivity contribution >= 4 is 35.1 Å². The van der Waals surface area contributed by atoms with Gasteiger partial charge in [0.15, 0.2) is 4.99 Å². The Hall–Kier alpha value is -1.70. The summed E-state index contributed by atoms with van der Waals surface area (Å²) in [5.41, 5.74) is 0. The number of thiocarbonyl (C=S) groups is 1. The highest BCUT2D eigenvalue weighted by Gasteiger charge is 2.27. The van der Waals surface area contributed by atoms with Gasteiger partial charge in [0, 0.05) is 0 Å². The first kappa shape index (κ1) is 22.3. The first-order valence-corrected chi connectivity index (χ1v) is 8.30. The lowest BCUT2D eigenvalue weighted by Crippen LogP contribution is -2.51. The summed E-state index contributed by atoms with van der Waals surface area (Å²) in [5.74, 6) is -1.27. The molecule has 2 N–H and O–H groups in total. The number of nitrogens with one attached hydrogen (secondary N) is 2. The van der Waals surface area contributed by atoms with Crippen molar-refractivity contribution < 1.29 is 23.9 Å². The van der Waals surface area contributed by atoms with Gasteiger partial charge < -0.3 is 20.1 Å². The molecule has 0 aromatic heterocycles. The highest BCUT2D eigenvalue weighted by Crippen LogP contribution is 2.08. The minimum atomic E-state index is -0.788. The molecule has 0 aliphatic rings. The van der Waals surface area contributed by atoms with Crippen LogP contribution in [0.15, 0.2) is 0 Å². The first-order chi connectivity index (χ1) is 11.1. The van der Waals surface area contributed by atoms with Crippen LogP contribution in [0.25, 0.3) is 0 Å². The third-order valence-electron chi connectivity index (χ3n) is 3.20. The molecule has 0 aromatic rings. The number of hydrogen-bond donors (Lipinski definition) is 2. The third-order valence-corrected chi connectivity index (χ3v) is 3.51. The highest BCUT2D eigenvalue weighted by atomic mass is 32.1. The Labute approximate surface area is 148 Å². The SMILES string of the molecule is COC(=O)[C@H](CC(C)C)NC(=O)C(=S)N[C@@H](CC(C)C)C(=O)OC. The van der Waals surface area contributed by atoms with Crippen molar-refractivity contribution in [1.29, 1.82) is 0 Å². The summed E-state index contributed by atoms with van der Waals surface area (Å²) in [6.07, 6.45) is 0.889. The molecule has 8 heteroatoms. The van der Waals surface area contributed by atoms with Crippen LogP contribution in [-0.4, -0.2) is 49.1 Å². The van der Waals surface area contributed by atoms with Crippen LogP contribution in [0, 0.1) is 11.8 Å². The maximum Gasteiger partial charge on any atom is 0.328 e. The molecule has 0 aliphatic heterocycles. The Morgan fingerprint density at radius 2 is 1.21 bits per heavy atom. The van der Waals surface area contributed by atoms with Crippen LogP contribution >= 0.6 is 12.2 Å². The Bertz CT molecular complexity index is 423. The molecule has 1 amide bonds. The zero-order chi connectivity index (χ0) is 18.9. The van der Waals surface area contributed by atoms with Crippen LogP contribution in [0.1, 0.15) is 40.5 Å². The maximum atomic E-state index is 12.2. The average molecular weight is 360 g/mol. The lowest BCUT2D eigenvalue weighted by molar-refractivity contribution is -0.145. The van der Waals surface area contributed by atoms with Crippen LogP contribution in [-0.2, 0) is 23.9 Å². The highest BCUT2D eigenvalue weighted by molar-refractivity contribution is 7.82. The molecule has 0 unspecified atom stereocenters. The van der Waals surface area contributed by atoms with Gasteiger partial charge in [0.2, 0.25) is 0 Å². The van der Waals surface area contributed by atoms with E-state index in [1.54, 1.807) is 0 Å². The number of hydrogen-bond acceptors (Lipinski definition) is 6. The molecule has 138 valence electrons. The maximum absolute atomic E-state index is 12.2. The predicted molar refractivity (Wildman–Crippen MR) is 94.4 cm³/mol. The van der Waals surface area contributed by atoms with Crippen molar-refractivity contribution in [3.05, 3.63) is 0 Å².